The lowest BCUT2D eigenvalue weighted by Gasteiger charge is -2.13. The van der Waals surface area contributed by atoms with Crippen molar-refractivity contribution in [3.8, 4) is 5.69 Å². The molecule has 1 amide bonds. The van der Waals surface area contributed by atoms with Crippen molar-refractivity contribution < 1.29 is 4.79 Å². The van der Waals surface area contributed by atoms with Gasteiger partial charge in [-0.15, -0.1) is 0 Å². The number of carbonyl (C=O) groups excluding carboxylic acids is 1. The summed E-state index contributed by atoms with van der Waals surface area (Å²) in [5.41, 5.74) is 5.13. The molecule has 126 valence electrons. The molecule has 2 saturated carbocycles. The Morgan fingerprint density at radius 1 is 1.25 bits per heavy atom. The van der Waals surface area contributed by atoms with E-state index in [1.54, 1.807) is 0 Å². The summed E-state index contributed by atoms with van der Waals surface area (Å²) in [4.78, 5) is 12.9. The van der Waals surface area contributed by atoms with Gasteiger partial charge in [0, 0.05) is 12.0 Å². The standard InChI is InChI=1S/C20H25N3O/c1-12(2)19-17(20(24)21-15-9-10-15)18(14-7-8-14)22-23(19)16-6-4-5-13(3)11-16/h4-6,11-12,14-15H,7-10H2,1-3H3,(H,21,24). The molecule has 4 nitrogen and oxygen atoms in total. The molecule has 0 bridgehead atoms. The molecule has 2 aliphatic carbocycles. The third-order valence-electron chi connectivity index (χ3n) is 4.84. The molecule has 24 heavy (non-hydrogen) atoms. The largest absolute Gasteiger partial charge is 0.349 e. The number of hydrogen-bond donors (Lipinski definition) is 1. The van der Waals surface area contributed by atoms with Gasteiger partial charge in [-0.3, -0.25) is 4.79 Å². The molecule has 0 radical (unpaired) electrons. The minimum atomic E-state index is 0.0713. The van der Waals surface area contributed by atoms with Gasteiger partial charge in [0.15, 0.2) is 0 Å². The molecule has 0 spiro atoms. The second kappa shape index (κ2) is 5.76. The van der Waals surface area contributed by atoms with E-state index in [0.717, 1.165) is 48.3 Å². The quantitative estimate of drug-likeness (QED) is 0.901. The van der Waals surface area contributed by atoms with E-state index in [1.165, 1.54) is 5.56 Å². The van der Waals surface area contributed by atoms with Crippen molar-refractivity contribution in [3.63, 3.8) is 0 Å². The molecule has 0 aliphatic heterocycles. The van der Waals surface area contributed by atoms with Gasteiger partial charge in [-0.25, -0.2) is 4.68 Å². The summed E-state index contributed by atoms with van der Waals surface area (Å²) in [5.74, 6) is 0.765. The lowest BCUT2D eigenvalue weighted by Crippen LogP contribution is -2.27. The molecule has 2 aromatic rings. The van der Waals surface area contributed by atoms with Crippen molar-refractivity contribution in [1.29, 1.82) is 0 Å². The zero-order chi connectivity index (χ0) is 16.8. The highest BCUT2D eigenvalue weighted by Crippen LogP contribution is 2.43. The fourth-order valence-corrected chi connectivity index (χ4v) is 3.30. The van der Waals surface area contributed by atoms with Crippen molar-refractivity contribution in [2.45, 2.75) is 64.3 Å². The number of nitrogens with zero attached hydrogens (tertiary/aromatic N) is 2. The van der Waals surface area contributed by atoms with E-state index in [-0.39, 0.29) is 11.8 Å². The molecule has 1 heterocycles. The molecule has 1 aromatic carbocycles. The first-order chi connectivity index (χ1) is 11.5. The van der Waals surface area contributed by atoms with Gasteiger partial charge in [-0.1, -0.05) is 26.0 Å². The Labute approximate surface area is 143 Å². The Bertz CT molecular complexity index is 782. The van der Waals surface area contributed by atoms with E-state index in [0.29, 0.717) is 12.0 Å². The van der Waals surface area contributed by atoms with Crippen molar-refractivity contribution in [2.75, 3.05) is 0 Å². The van der Waals surface area contributed by atoms with Crippen LogP contribution in [0.25, 0.3) is 5.69 Å². The van der Waals surface area contributed by atoms with Gasteiger partial charge >= 0.3 is 0 Å². The number of nitrogens with one attached hydrogen (secondary N) is 1. The Morgan fingerprint density at radius 2 is 2.00 bits per heavy atom. The average Bonchev–Trinajstić information content (AvgIpc) is 3.46. The monoisotopic (exact) mass is 323 g/mol. The first kappa shape index (κ1) is 15.4. The van der Waals surface area contributed by atoms with Crippen LogP contribution in [0.5, 0.6) is 0 Å². The number of hydrogen-bond acceptors (Lipinski definition) is 2. The number of rotatable bonds is 5. The predicted octanol–water partition coefficient (Wildman–Crippen LogP) is 4.07. The van der Waals surface area contributed by atoms with Crippen molar-refractivity contribution in [2.24, 2.45) is 0 Å². The minimum absolute atomic E-state index is 0.0713. The molecule has 1 aromatic heterocycles. The van der Waals surface area contributed by atoms with E-state index < -0.39 is 0 Å². The van der Waals surface area contributed by atoms with Crippen molar-refractivity contribution in [3.05, 3.63) is 46.8 Å². The van der Waals surface area contributed by atoms with Crippen molar-refractivity contribution >= 4 is 5.91 Å². The SMILES string of the molecule is Cc1cccc(-n2nc(C3CC3)c(C(=O)NC3CC3)c2C(C)C)c1. The van der Waals surface area contributed by atoms with Gasteiger partial charge in [-0.05, 0) is 56.2 Å². The average molecular weight is 323 g/mol. The van der Waals surface area contributed by atoms with Crippen LogP contribution >= 0.6 is 0 Å². The summed E-state index contributed by atoms with van der Waals surface area (Å²) >= 11 is 0. The predicted molar refractivity (Wildman–Crippen MR) is 94.9 cm³/mol. The van der Waals surface area contributed by atoms with E-state index in [1.807, 2.05) is 4.68 Å². The second-order valence-corrected chi connectivity index (χ2v) is 7.57. The summed E-state index contributed by atoms with van der Waals surface area (Å²) in [6, 6.07) is 8.72. The van der Waals surface area contributed by atoms with E-state index in [9.17, 15) is 4.79 Å². The molecule has 2 fully saturated rings. The lowest BCUT2D eigenvalue weighted by molar-refractivity contribution is 0.0948. The van der Waals surface area contributed by atoms with Gasteiger partial charge in [0.05, 0.1) is 22.6 Å². The molecule has 0 saturated heterocycles. The Balaban J connectivity index is 1.85. The van der Waals surface area contributed by atoms with Gasteiger partial charge in [0.25, 0.3) is 5.91 Å². The van der Waals surface area contributed by atoms with Crippen LogP contribution in [0.4, 0.5) is 0 Å². The molecule has 4 rings (SSSR count). The van der Waals surface area contributed by atoms with Crippen LogP contribution in [0, 0.1) is 6.92 Å². The zero-order valence-electron chi connectivity index (χ0n) is 14.7. The highest BCUT2D eigenvalue weighted by molar-refractivity contribution is 5.97. The minimum Gasteiger partial charge on any atom is -0.349 e. The van der Waals surface area contributed by atoms with Crippen LogP contribution in [0.1, 0.15) is 78.7 Å². The smallest absolute Gasteiger partial charge is 0.255 e. The third kappa shape index (κ3) is 2.85. The number of aryl methyl sites for hydroxylation is 1. The molecule has 1 N–H and O–H groups in total. The highest BCUT2D eigenvalue weighted by Gasteiger charge is 2.36. The molecule has 0 atom stereocenters. The molecular formula is C20H25N3O. The number of benzene rings is 1. The van der Waals surface area contributed by atoms with Crippen LogP contribution in [-0.4, -0.2) is 21.7 Å². The summed E-state index contributed by atoms with van der Waals surface area (Å²) in [6.45, 7) is 6.38. The maximum absolute atomic E-state index is 12.9. The molecule has 2 aliphatic rings. The first-order valence-electron chi connectivity index (χ1n) is 9.05. The Hall–Kier alpha value is -2.10. The summed E-state index contributed by atoms with van der Waals surface area (Å²) in [7, 11) is 0. The maximum Gasteiger partial charge on any atom is 0.255 e. The molecule has 4 heteroatoms. The fourth-order valence-electron chi connectivity index (χ4n) is 3.30. The van der Waals surface area contributed by atoms with E-state index >= 15 is 0 Å². The number of carbonyl (C=O) groups is 1. The van der Waals surface area contributed by atoms with Crippen LogP contribution in [0.3, 0.4) is 0 Å². The zero-order valence-corrected chi connectivity index (χ0v) is 14.7. The van der Waals surface area contributed by atoms with Crippen LogP contribution in [-0.2, 0) is 0 Å². The van der Waals surface area contributed by atoms with Crippen LogP contribution in [0.15, 0.2) is 24.3 Å². The van der Waals surface area contributed by atoms with Crippen LogP contribution in [0.2, 0.25) is 0 Å². The normalized spacial score (nSPS) is 17.3. The Morgan fingerprint density at radius 3 is 2.58 bits per heavy atom. The van der Waals surface area contributed by atoms with Gasteiger partial charge in [-0.2, -0.15) is 5.10 Å². The molecule has 0 unspecified atom stereocenters. The molecular weight excluding hydrogens is 298 g/mol. The number of amides is 1. The Kier molecular flexibility index (Phi) is 3.70. The topological polar surface area (TPSA) is 46.9 Å². The maximum atomic E-state index is 12.9. The van der Waals surface area contributed by atoms with E-state index in [2.05, 4.69) is 50.4 Å². The highest BCUT2D eigenvalue weighted by atomic mass is 16.1. The van der Waals surface area contributed by atoms with Crippen LogP contribution < -0.4 is 5.32 Å². The van der Waals surface area contributed by atoms with Crippen molar-refractivity contribution in [1.82, 2.24) is 15.1 Å². The van der Waals surface area contributed by atoms with Gasteiger partial charge in [0.1, 0.15) is 0 Å². The summed E-state index contributed by atoms with van der Waals surface area (Å²) in [6.07, 6.45) is 4.50. The van der Waals surface area contributed by atoms with E-state index in [4.69, 9.17) is 5.10 Å². The van der Waals surface area contributed by atoms with Gasteiger partial charge < -0.3 is 5.32 Å². The van der Waals surface area contributed by atoms with Gasteiger partial charge in [0.2, 0.25) is 0 Å². The second-order valence-electron chi connectivity index (χ2n) is 7.57. The number of aromatic nitrogens is 2. The lowest BCUT2D eigenvalue weighted by atomic mass is 10.0. The summed E-state index contributed by atoms with van der Waals surface area (Å²) < 4.78 is 2.01. The fraction of sp³-hybridized carbons (Fsp3) is 0.500. The summed E-state index contributed by atoms with van der Waals surface area (Å²) in [5, 5.41) is 8.08. The first-order valence-corrected chi connectivity index (χ1v) is 9.05. The third-order valence-corrected chi connectivity index (χ3v) is 4.84.